The Morgan fingerprint density at radius 3 is 2.33 bits per heavy atom. The van der Waals surface area contributed by atoms with Gasteiger partial charge < -0.3 is 19.7 Å². The summed E-state index contributed by atoms with van der Waals surface area (Å²) in [6, 6.07) is 13.6. The number of rotatable bonds is 8. The first-order chi connectivity index (χ1) is 15.7. The molecule has 2 aromatic rings. The van der Waals surface area contributed by atoms with E-state index in [0.29, 0.717) is 31.7 Å². The third-order valence-electron chi connectivity index (χ3n) is 5.39. The number of benzene rings is 2. The van der Waals surface area contributed by atoms with Crippen LogP contribution in [0, 0.1) is 5.92 Å². The van der Waals surface area contributed by atoms with Gasteiger partial charge in [0, 0.05) is 19.0 Å². The van der Waals surface area contributed by atoms with Crippen LogP contribution in [0.25, 0.3) is 0 Å². The van der Waals surface area contributed by atoms with E-state index in [2.05, 4.69) is 5.32 Å². The first kappa shape index (κ1) is 24.4. The molecule has 178 valence electrons. The van der Waals surface area contributed by atoms with Crippen LogP contribution in [-0.2, 0) is 15.8 Å². The molecule has 1 aliphatic heterocycles. The molecule has 0 bridgehead atoms. The zero-order chi connectivity index (χ0) is 23.8. The average Bonchev–Trinajstić information content (AvgIpc) is 2.81. The summed E-state index contributed by atoms with van der Waals surface area (Å²) in [5.41, 5.74) is -0.850. The Morgan fingerprint density at radius 2 is 1.67 bits per heavy atom. The molecule has 2 amide bonds. The third-order valence-corrected chi connectivity index (χ3v) is 5.39. The number of amides is 2. The second-order valence-corrected chi connectivity index (χ2v) is 7.97. The van der Waals surface area contributed by atoms with Crippen LogP contribution in [-0.4, -0.2) is 49.1 Å². The van der Waals surface area contributed by atoms with Gasteiger partial charge in [-0.3, -0.25) is 9.59 Å². The van der Waals surface area contributed by atoms with Crippen molar-refractivity contribution < 1.29 is 32.2 Å². The number of carbonyl (C=O) groups excluding carboxylic acids is 2. The van der Waals surface area contributed by atoms with Crippen LogP contribution in [0.15, 0.2) is 54.6 Å². The first-order valence-electron chi connectivity index (χ1n) is 10.8. The van der Waals surface area contributed by atoms with E-state index in [-0.39, 0.29) is 36.7 Å². The second-order valence-electron chi connectivity index (χ2n) is 7.97. The van der Waals surface area contributed by atoms with Crippen LogP contribution in [0.3, 0.4) is 0 Å². The number of hydrogen-bond acceptors (Lipinski definition) is 4. The predicted octanol–water partition coefficient (Wildman–Crippen LogP) is 3.91. The van der Waals surface area contributed by atoms with E-state index < -0.39 is 17.8 Å². The molecule has 1 unspecified atom stereocenters. The van der Waals surface area contributed by atoms with Crippen LogP contribution in [0.4, 0.5) is 13.2 Å². The van der Waals surface area contributed by atoms with Gasteiger partial charge in [0.2, 0.25) is 5.91 Å². The summed E-state index contributed by atoms with van der Waals surface area (Å²) < 4.78 is 50.0. The molecule has 1 heterocycles. The first-order valence-corrected chi connectivity index (χ1v) is 10.8. The van der Waals surface area contributed by atoms with E-state index in [1.165, 1.54) is 18.2 Å². The van der Waals surface area contributed by atoms with Crippen LogP contribution in [0.1, 0.15) is 25.3 Å². The summed E-state index contributed by atoms with van der Waals surface area (Å²) >= 11 is 0. The fraction of sp³-hybridized carbons (Fsp3) is 0.417. The molecule has 9 heteroatoms. The number of piperidine rings is 1. The molecule has 2 aromatic carbocycles. The number of hydrogen-bond donors (Lipinski definition) is 1. The molecule has 1 aliphatic rings. The minimum Gasteiger partial charge on any atom is -0.491 e. The topological polar surface area (TPSA) is 67.9 Å². The van der Waals surface area contributed by atoms with E-state index >= 15 is 0 Å². The fourth-order valence-corrected chi connectivity index (χ4v) is 3.59. The van der Waals surface area contributed by atoms with Crippen molar-refractivity contribution in [2.45, 2.75) is 32.0 Å². The molecule has 0 aromatic heterocycles. The summed E-state index contributed by atoms with van der Waals surface area (Å²) in [7, 11) is 0. The summed E-state index contributed by atoms with van der Waals surface area (Å²) in [6.45, 7) is 2.41. The molecule has 0 spiro atoms. The highest BCUT2D eigenvalue weighted by atomic mass is 19.4. The molecular weight excluding hydrogens is 437 g/mol. The number of alkyl halides is 3. The van der Waals surface area contributed by atoms with Crippen molar-refractivity contribution in [3.05, 3.63) is 60.2 Å². The SMILES string of the molecule is CC(COc1ccccc1C(F)(F)F)NC(=O)C1CCN(C(=O)COc2ccccc2)CC1. The van der Waals surface area contributed by atoms with Gasteiger partial charge in [0.05, 0.1) is 11.6 Å². The molecule has 6 nitrogen and oxygen atoms in total. The lowest BCUT2D eigenvalue weighted by Gasteiger charge is -2.32. The molecule has 1 saturated heterocycles. The van der Waals surface area contributed by atoms with E-state index in [4.69, 9.17) is 9.47 Å². The second kappa shape index (κ2) is 11.1. The van der Waals surface area contributed by atoms with Gasteiger partial charge in [-0.05, 0) is 44.0 Å². The zero-order valence-corrected chi connectivity index (χ0v) is 18.3. The molecule has 0 aliphatic carbocycles. The van der Waals surface area contributed by atoms with Crippen molar-refractivity contribution >= 4 is 11.8 Å². The van der Waals surface area contributed by atoms with Crippen LogP contribution >= 0.6 is 0 Å². The van der Waals surface area contributed by atoms with Crippen LogP contribution < -0.4 is 14.8 Å². The highest BCUT2D eigenvalue weighted by Gasteiger charge is 2.34. The molecule has 0 radical (unpaired) electrons. The van der Waals surface area contributed by atoms with Gasteiger partial charge in [-0.1, -0.05) is 30.3 Å². The lowest BCUT2D eigenvalue weighted by Crippen LogP contribution is -2.46. The molecule has 1 fully saturated rings. The van der Waals surface area contributed by atoms with Crippen LogP contribution in [0.2, 0.25) is 0 Å². The normalized spacial score (nSPS) is 15.6. The number of carbonyl (C=O) groups is 2. The van der Waals surface area contributed by atoms with E-state index in [9.17, 15) is 22.8 Å². The van der Waals surface area contributed by atoms with Crippen molar-refractivity contribution in [3.63, 3.8) is 0 Å². The van der Waals surface area contributed by atoms with Gasteiger partial charge >= 0.3 is 6.18 Å². The number of halogens is 3. The Bertz CT molecular complexity index is 929. The average molecular weight is 464 g/mol. The van der Waals surface area contributed by atoms with Crippen molar-refractivity contribution in [1.29, 1.82) is 0 Å². The Labute approximate surface area is 190 Å². The Balaban J connectivity index is 1.40. The number of nitrogens with one attached hydrogen (secondary N) is 1. The standard InChI is InChI=1S/C24H27F3N2O4/c1-17(15-33-21-10-6-5-9-20(21)24(25,26)27)28-23(31)18-11-13-29(14-12-18)22(30)16-32-19-7-3-2-4-8-19/h2-10,17-18H,11-16H2,1H3,(H,28,31). The fourth-order valence-electron chi connectivity index (χ4n) is 3.59. The van der Waals surface area contributed by atoms with E-state index in [1.54, 1.807) is 24.0 Å². The molecular formula is C24H27F3N2O4. The lowest BCUT2D eigenvalue weighted by atomic mass is 9.95. The smallest absolute Gasteiger partial charge is 0.419 e. The van der Waals surface area contributed by atoms with E-state index in [0.717, 1.165) is 6.07 Å². The summed E-state index contributed by atoms with van der Waals surface area (Å²) in [4.78, 5) is 26.6. The van der Waals surface area contributed by atoms with Gasteiger partial charge in [-0.25, -0.2) is 0 Å². The van der Waals surface area contributed by atoms with Crippen molar-refractivity contribution in [2.75, 3.05) is 26.3 Å². The maximum atomic E-state index is 13.1. The van der Waals surface area contributed by atoms with Crippen molar-refractivity contribution in [3.8, 4) is 11.5 Å². The van der Waals surface area contributed by atoms with Gasteiger partial charge in [0.1, 0.15) is 18.1 Å². The Hall–Kier alpha value is -3.23. The van der Waals surface area contributed by atoms with Crippen LogP contribution in [0.5, 0.6) is 11.5 Å². The number of para-hydroxylation sites is 2. The lowest BCUT2D eigenvalue weighted by molar-refractivity contribution is -0.139. The predicted molar refractivity (Wildman–Crippen MR) is 116 cm³/mol. The summed E-state index contributed by atoms with van der Waals surface area (Å²) in [5, 5.41) is 2.80. The zero-order valence-electron chi connectivity index (χ0n) is 18.3. The Kier molecular flexibility index (Phi) is 8.19. The number of ether oxygens (including phenoxy) is 2. The maximum Gasteiger partial charge on any atom is 0.419 e. The maximum absolute atomic E-state index is 13.1. The Morgan fingerprint density at radius 1 is 1.03 bits per heavy atom. The minimum atomic E-state index is -4.51. The highest BCUT2D eigenvalue weighted by molar-refractivity contribution is 5.80. The quantitative estimate of drug-likeness (QED) is 0.644. The van der Waals surface area contributed by atoms with Gasteiger partial charge in [0.15, 0.2) is 6.61 Å². The summed E-state index contributed by atoms with van der Waals surface area (Å²) in [5.74, 6) is -0.246. The number of likely N-dealkylation sites (tertiary alicyclic amines) is 1. The van der Waals surface area contributed by atoms with Crippen molar-refractivity contribution in [1.82, 2.24) is 10.2 Å². The van der Waals surface area contributed by atoms with Gasteiger partial charge in [-0.2, -0.15) is 13.2 Å². The van der Waals surface area contributed by atoms with Gasteiger partial charge in [0.25, 0.3) is 5.91 Å². The minimum absolute atomic E-state index is 0.0609. The number of nitrogens with zero attached hydrogens (tertiary/aromatic N) is 1. The molecule has 3 rings (SSSR count). The van der Waals surface area contributed by atoms with E-state index in [1.807, 2.05) is 18.2 Å². The molecule has 0 saturated carbocycles. The molecule has 33 heavy (non-hydrogen) atoms. The monoisotopic (exact) mass is 464 g/mol. The molecule has 1 N–H and O–H groups in total. The summed E-state index contributed by atoms with van der Waals surface area (Å²) in [6.07, 6.45) is -3.50. The molecule has 1 atom stereocenters. The van der Waals surface area contributed by atoms with Gasteiger partial charge in [-0.15, -0.1) is 0 Å². The third kappa shape index (κ3) is 7.13. The highest BCUT2D eigenvalue weighted by Crippen LogP contribution is 2.35. The largest absolute Gasteiger partial charge is 0.491 e. The van der Waals surface area contributed by atoms with Crippen molar-refractivity contribution in [2.24, 2.45) is 5.92 Å².